The van der Waals surface area contributed by atoms with Gasteiger partial charge < -0.3 is 79.5 Å². The van der Waals surface area contributed by atoms with Crippen molar-refractivity contribution in [2.45, 2.75) is 61.0 Å². The molecule has 3 aromatic rings. The summed E-state index contributed by atoms with van der Waals surface area (Å²) in [6, 6.07) is 3.47. The lowest BCUT2D eigenvalue weighted by Crippen LogP contribution is -2.55. The normalized spacial score (nSPS) is 31.6. The van der Waals surface area contributed by atoms with E-state index in [0.717, 1.165) is 6.07 Å². The number of hydrogen-bond acceptors (Lipinski definition) is 17. The number of hydrogen-bond donors (Lipinski definition) is 11. The van der Waals surface area contributed by atoms with Gasteiger partial charge in [-0.05, 0) is 12.1 Å². The number of ether oxygens (including phenoxy) is 4. The Balaban J connectivity index is 1.84. The van der Waals surface area contributed by atoms with Gasteiger partial charge in [-0.3, -0.25) is 4.79 Å². The minimum absolute atomic E-state index is 0.0854. The van der Waals surface area contributed by atoms with Crippen molar-refractivity contribution in [2.75, 3.05) is 27.4 Å². The molecular formula is C29H34O17. The molecule has 0 saturated carbocycles. The van der Waals surface area contributed by atoms with Gasteiger partial charge in [0, 0.05) is 11.6 Å². The first kappa shape index (κ1) is 33.6. The van der Waals surface area contributed by atoms with Crippen LogP contribution in [0.5, 0.6) is 28.7 Å². The molecule has 5 rings (SSSR count). The van der Waals surface area contributed by atoms with Crippen LogP contribution in [0.1, 0.15) is 23.3 Å². The molecule has 46 heavy (non-hydrogen) atoms. The lowest BCUT2D eigenvalue weighted by atomic mass is 9.85. The van der Waals surface area contributed by atoms with Gasteiger partial charge in [0.15, 0.2) is 22.5 Å². The molecule has 0 unspecified atom stereocenters. The van der Waals surface area contributed by atoms with E-state index in [0.29, 0.717) is 0 Å². The van der Waals surface area contributed by atoms with Crippen molar-refractivity contribution in [1.82, 2.24) is 0 Å². The summed E-state index contributed by atoms with van der Waals surface area (Å²) < 4.78 is 27.5. The number of benzene rings is 2. The van der Waals surface area contributed by atoms with Crippen LogP contribution in [0.3, 0.4) is 0 Å². The Hall–Kier alpha value is -3.75. The van der Waals surface area contributed by atoms with Crippen LogP contribution in [0.25, 0.3) is 22.3 Å². The van der Waals surface area contributed by atoms with Crippen LogP contribution in [0.2, 0.25) is 0 Å². The summed E-state index contributed by atoms with van der Waals surface area (Å²) in [4.78, 5) is 13.7. The van der Waals surface area contributed by atoms with Gasteiger partial charge in [0.1, 0.15) is 83.7 Å². The number of aliphatic hydroxyl groups is 8. The van der Waals surface area contributed by atoms with E-state index in [-0.39, 0.29) is 28.6 Å². The Bertz CT molecular complexity index is 1630. The molecule has 17 nitrogen and oxygen atoms in total. The van der Waals surface area contributed by atoms with Crippen LogP contribution in [0.15, 0.2) is 27.4 Å². The third-order valence-corrected chi connectivity index (χ3v) is 8.31. The predicted octanol–water partition coefficient (Wildman–Crippen LogP) is -2.38. The van der Waals surface area contributed by atoms with E-state index >= 15 is 0 Å². The van der Waals surface area contributed by atoms with Crippen LogP contribution in [-0.2, 0) is 9.47 Å². The smallest absolute Gasteiger partial charge is 0.200 e. The number of aromatic hydroxyl groups is 3. The van der Waals surface area contributed by atoms with E-state index in [1.54, 1.807) is 0 Å². The Labute approximate surface area is 258 Å². The molecule has 1 aromatic heterocycles. The Kier molecular flexibility index (Phi) is 9.35. The minimum Gasteiger partial charge on any atom is -0.507 e. The highest BCUT2D eigenvalue weighted by Crippen LogP contribution is 2.51. The fraction of sp³-hybridized carbons (Fsp3) is 0.483. The highest BCUT2D eigenvalue weighted by Gasteiger charge is 2.50. The van der Waals surface area contributed by atoms with Gasteiger partial charge in [0.2, 0.25) is 5.75 Å². The average Bonchev–Trinajstić information content (AvgIpc) is 3.04. The van der Waals surface area contributed by atoms with Gasteiger partial charge in [0.25, 0.3) is 0 Å². The average molecular weight is 655 g/mol. The largest absolute Gasteiger partial charge is 0.507 e. The van der Waals surface area contributed by atoms with Crippen LogP contribution < -0.4 is 14.9 Å². The lowest BCUT2D eigenvalue weighted by Gasteiger charge is -2.42. The van der Waals surface area contributed by atoms with Crippen LogP contribution >= 0.6 is 0 Å². The topological polar surface area (TPSA) is 290 Å². The van der Waals surface area contributed by atoms with Gasteiger partial charge in [-0.1, -0.05) is 0 Å². The summed E-state index contributed by atoms with van der Waals surface area (Å²) in [6.07, 6.45) is -18.5. The Morgan fingerprint density at radius 3 is 1.59 bits per heavy atom. The minimum atomic E-state index is -2.06. The van der Waals surface area contributed by atoms with Gasteiger partial charge in [-0.15, -0.1) is 0 Å². The predicted molar refractivity (Wildman–Crippen MR) is 151 cm³/mol. The number of aliphatic hydroxyl groups excluding tert-OH is 8. The SMILES string of the molecule is COc1cc(-c2cc(=O)c3c(O)c([C@H]4O[C@@H](CO)[C@H](O)[C@@H](O)[C@H]4O)c(O)c([C@@H]4O[C@H](CO)[C@H](O)[C@@H](O)[C@@H]4O)c3o2)cc(OC)c1O. The van der Waals surface area contributed by atoms with Crippen molar-refractivity contribution in [3.8, 4) is 40.1 Å². The first-order valence-electron chi connectivity index (χ1n) is 13.9. The third kappa shape index (κ3) is 5.29. The second-order valence-corrected chi connectivity index (χ2v) is 10.9. The zero-order chi connectivity index (χ0) is 33.8. The highest BCUT2D eigenvalue weighted by atomic mass is 16.6. The van der Waals surface area contributed by atoms with Crippen molar-refractivity contribution >= 4 is 11.0 Å². The van der Waals surface area contributed by atoms with Gasteiger partial charge >= 0.3 is 0 Å². The molecule has 252 valence electrons. The molecule has 11 N–H and O–H groups in total. The van der Waals surface area contributed by atoms with E-state index in [9.17, 15) is 61.0 Å². The van der Waals surface area contributed by atoms with E-state index in [2.05, 4.69) is 0 Å². The molecule has 2 aromatic carbocycles. The molecule has 0 radical (unpaired) electrons. The molecule has 0 spiro atoms. The molecule has 0 aliphatic carbocycles. The zero-order valence-electron chi connectivity index (χ0n) is 24.3. The summed E-state index contributed by atoms with van der Waals surface area (Å²) in [6.45, 7) is -1.75. The highest BCUT2D eigenvalue weighted by molar-refractivity contribution is 5.92. The molecule has 0 amide bonds. The van der Waals surface area contributed by atoms with Gasteiger partial charge in [-0.25, -0.2) is 0 Å². The molecule has 2 aliphatic heterocycles. The van der Waals surface area contributed by atoms with Gasteiger partial charge in [-0.2, -0.15) is 0 Å². The first-order valence-corrected chi connectivity index (χ1v) is 13.9. The van der Waals surface area contributed by atoms with Crippen molar-refractivity contribution in [3.63, 3.8) is 0 Å². The number of rotatable bonds is 7. The van der Waals surface area contributed by atoms with Crippen molar-refractivity contribution < 1.29 is 79.5 Å². The van der Waals surface area contributed by atoms with E-state index in [1.165, 1.54) is 26.4 Å². The third-order valence-electron chi connectivity index (χ3n) is 8.31. The number of fused-ring (bicyclic) bond motifs is 1. The van der Waals surface area contributed by atoms with E-state index in [1.807, 2.05) is 0 Å². The van der Waals surface area contributed by atoms with Crippen LogP contribution in [0, 0.1) is 0 Å². The number of methoxy groups -OCH3 is 2. The summed E-state index contributed by atoms with van der Waals surface area (Å²) in [5.41, 5.74) is -2.88. The lowest BCUT2D eigenvalue weighted by molar-refractivity contribution is -0.234. The molecule has 2 saturated heterocycles. The second-order valence-electron chi connectivity index (χ2n) is 10.9. The van der Waals surface area contributed by atoms with E-state index < -0.39 is 113 Å². The molecule has 2 fully saturated rings. The molecular weight excluding hydrogens is 620 g/mol. The fourth-order valence-corrected chi connectivity index (χ4v) is 5.80. The van der Waals surface area contributed by atoms with E-state index in [4.69, 9.17) is 23.4 Å². The summed E-state index contributed by atoms with van der Waals surface area (Å²) in [5.74, 6) is -2.87. The first-order chi connectivity index (χ1) is 21.8. The number of phenolic OH excluding ortho intramolecular Hbond substituents is 3. The zero-order valence-corrected chi connectivity index (χ0v) is 24.3. The molecule has 17 heteroatoms. The monoisotopic (exact) mass is 654 g/mol. The van der Waals surface area contributed by atoms with Gasteiger partial charge in [0.05, 0.1) is 38.6 Å². The summed E-state index contributed by atoms with van der Waals surface area (Å²) in [7, 11) is 2.51. The van der Waals surface area contributed by atoms with Crippen molar-refractivity contribution in [3.05, 3.63) is 39.5 Å². The van der Waals surface area contributed by atoms with Crippen molar-refractivity contribution in [2.24, 2.45) is 0 Å². The Morgan fingerprint density at radius 2 is 1.13 bits per heavy atom. The molecule has 3 heterocycles. The second kappa shape index (κ2) is 12.8. The standard InChI is InChI=1S/C29H34O17/c1-42-11-3-8(4-12(43-2)18(11)33)10-5-9(32)15-21(36)16(28-25(40)23(38)19(34)13(6-30)45-28)22(37)17(27(15)44-10)29-26(41)24(39)20(35)14(7-31)46-29/h3-5,13-14,19-20,23-26,28-31,33-41H,6-7H2,1-2H3/t13-,14+,19-,20-,23+,24+,25+,26-,28+,29-/m0/s1. The molecule has 0 bridgehead atoms. The van der Waals surface area contributed by atoms with Crippen LogP contribution in [0.4, 0.5) is 0 Å². The maximum atomic E-state index is 13.7. The van der Waals surface area contributed by atoms with Crippen molar-refractivity contribution in [1.29, 1.82) is 0 Å². The number of phenols is 3. The summed E-state index contributed by atoms with van der Waals surface area (Å²) in [5, 5.41) is 116. The maximum absolute atomic E-state index is 13.7. The van der Waals surface area contributed by atoms with Crippen LogP contribution in [-0.4, -0.2) is 132 Å². The summed E-state index contributed by atoms with van der Waals surface area (Å²) >= 11 is 0. The molecule has 10 atom stereocenters. The maximum Gasteiger partial charge on any atom is 0.200 e. The Morgan fingerprint density at radius 1 is 0.652 bits per heavy atom. The fourth-order valence-electron chi connectivity index (χ4n) is 5.80. The quantitative estimate of drug-likeness (QED) is 0.127. The molecule has 2 aliphatic rings.